The fourth-order valence-electron chi connectivity index (χ4n) is 2.27. The molecule has 0 radical (unpaired) electrons. The van der Waals surface area contributed by atoms with Crippen molar-refractivity contribution in [3.05, 3.63) is 0 Å². The van der Waals surface area contributed by atoms with Crippen LogP contribution >= 0.6 is 0 Å². The van der Waals surface area contributed by atoms with Crippen LogP contribution in [0, 0.1) is 0 Å². The molecule has 0 atom stereocenters. The van der Waals surface area contributed by atoms with Crippen molar-refractivity contribution >= 4 is 8.56 Å². The Balaban J connectivity index is 2.18. The van der Waals surface area contributed by atoms with Crippen LogP contribution in [0.25, 0.3) is 0 Å². The lowest BCUT2D eigenvalue weighted by Crippen LogP contribution is -2.37. The van der Waals surface area contributed by atoms with E-state index in [2.05, 4.69) is 11.4 Å². The molecule has 0 aromatic rings. The Labute approximate surface area is 101 Å². The normalized spacial score (nSPS) is 19.7. The molecular weight excluding hydrogens is 218 g/mol. The number of hydrogen-bond donors (Lipinski definition) is 0. The van der Waals surface area contributed by atoms with Gasteiger partial charge in [0.15, 0.2) is 0 Å². The number of likely N-dealkylation sites (tertiary alicyclic amines) is 1. The van der Waals surface area contributed by atoms with Crippen LogP contribution in [0.1, 0.15) is 32.1 Å². The highest BCUT2D eigenvalue weighted by Crippen LogP contribution is 2.16. The van der Waals surface area contributed by atoms with Crippen molar-refractivity contribution in [2.75, 3.05) is 33.9 Å². The molecule has 0 amide bonds. The van der Waals surface area contributed by atoms with E-state index in [0.717, 1.165) is 6.04 Å². The van der Waals surface area contributed by atoms with E-state index in [1.54, 1.807) is 14.2 Å². The zero-order valence-corrected chi connectivity index (χ0v) is 12.1. The van der Waals surface area contributed by atoms with Gasteiger partial charge < -0.3 is 13.8 Å². The third-order valence-corrected chi connectivity index (χ3v) is 6.66. The van der Waals surface area contributed by atoms with Crippen LogP contribution in [0.2, 0.25) is 12.6 Å². The summed E-state index contributed by atoms with van der Waals surface area (Å²) in [5, 5.41) is 0. The average Bonchev–Trinajstić information content (AvgIpc) is 2.57. The van der Waals surface area contributed by atoms with Crippen LogP contribution in [-0.2, 0) is 8.85 Å². The molecule has 0 unspecified atom stereocenters. The molecule has 0 saturated carbocycles. The monoisotopic (exact) mass is 245 g/mol. The van der Waals surface area contributed by atoms with Gasteiger partial charge in [-0.05, 0) is 51.5 Å². The Morgan fingerprint density at radius 2 is 1.56 bits per heavy atom. The third-order valence-electron chi connectivity index (χ3n) is 3.67. The second-order valence-electron chi connectivity index (χ2n) is 4.90. The maximum absolute atomic E-state index is 5.50. The minimum Gasteiger partial charge on any atom is -0.398 e. The number of nitrogens with zero attached hydrogens (tertiary/aromatic N) is 1. The van der Waals surface area contributed by atoms with Gasteiger partial charge in [-0.25, -0.2) is 0 Å². The molecule has 0 aromatic carbocycles. The van der Waals surface area contributed by atoms with Gasteiger partial charge in [0.1, 0.15) is 0 Å². The second kappa shape index (κ2) is 7.43. The zero-order valence-electron chi connectivity index (χ0n) is 11.1. The fraction of sp³-hybridized carbons (Fsp3) is 1.00. The van der Waals surface area contributed by atoms with Gasteiger partial charge in [0.05, 0.1) is 0 Å². The highest BCUT2D eigenvalue weighted by Gasteiger charge is 2.28. The van der Waals surface area contributed by atoms with Gasteiger partial charge in [-0.15, -0.1) is 0 Å². The summed E-state index contributed by atoms with van der Waals surface area (Å²) in [7, 11) is 1.74. The molecule has 4 heteroatoms. The quantitative estimate of drug-likeness (QED) is 0.672. The molecular formula is C12H27NO2Si. The van der Waals surface area contributed by atoms with Gasteiger partial charge in [0.25, 0.3) is 0 Å². The van der Waals surface area contributed by atoms with Gasteiger partial charge in [-0.1, -0.05) is 12.8 Å². The third kappa shape index (κ3) is 4.95. The topological polar surface area (TPSA) is 21.7 Å². The summed E-state index contributed by atoms with van der Waals surface area (Å²) < 4.78 is 11.0. The largest absolute Gasteiger partial charge is 0.398 e. The molecule has 1 aliphatic heterocycles. The van der Waals surface area contributed by atoms with Crippen LogP contribution in [0.4, 0.5) is 0 Å². The van der Waals surface area contributed by atoms with Gasteiger partial charge in [0.2, 0.25) is 0 Å². The minimum absolute atomic E-state index is 1.11. The van der Waals surface area contributed by atoms with Crippen molar-refractivity contribution in [2.24, 2.45) is 0 Å². The lowest BCUT2D eigenvalue weighted by molar-refractivity contribution is 0.240. The van der Waals surface area contributed by atoms with Crippen molar-refractivity contribution < 1.29 is 8.85 Å². The van der Waals surface area contributed by atoms with Crippen molar-refractivity contribution in [3.63, 3.8) is 0 Å². The van der Waals surface area contributed by atoms with Gasteiger partial charge >= 0.3 is 8.56 Å². The van der Waals surface area contributed by atoms with E-state index in [-0.39, 0.29) is 0 Å². The van der Waals surface area contributed by atoms with E-state index in [4.69, 9.17) is 8.85 Å². The van der Waals surface area contributed by atoms with E-state index in [9.17, 15) is 0 Å². The Hall–Kier alpha value is 0.0969. The first-order chi connectivity index (χ1) is 7.70. The predicted octanol–water partition coefficient (Wildman–Crippen LogP) is 2.62. The van der Waals surface area contributed by atoms with Crippen LogP contribution in [0.3, 0.4) is 0 Å². The lowest BCUT2D eigenvalue weighted by atomic mass is 10.2. The molecule has 0 aliphatic carbocycles. The van der Waals surface area contributed by atoms with Crippen molar-refractivity contribution in [3.8, 4) is 0 Å². The number of hydrogen-bond acceptors (Lipinski definition) is 3. The SMILES string of the molecule is CO[Si](C)(CCCN1CCCCCC1)OC. The second-order valence-corrected chi connectivity index (χ2v) is 8.49. The Bertz CT molecular complexity index is 178. The first kappa shape index (κ1) is 14.2. The van der Waals surface area contributed by atoms with Gasteiger partial charge in [0, 0.05) is 14.2 Å². The van der Waals surface area contributed by atoms with E-state index < -0.39 is 8.56 Å². The highest BCUT2D eigenvalue weighted by molar-refractivity contribution is 6.65. The molecule has 96 valence electrons. The maximum Gasteiger partial charge on any atom is 0.334 e. The Morgan fingerprint density at radius 1 is 1.00 bits per heavy atom. The predicted molar refractivity (Wildman–Crippen MR) is 70.0 cm³/mol. The summed E-state index contributed by atoms with van der Waals surface area (Å²) in [6.07, 6.45) is 6.80. The molecule has 1 saturated heterocycles. The molecule has 0 bridgehead atoms. The van der Waals surface area contributed by atoms with E-state index in [1.807, 2.05) is 0 Å². The molecule has 16 heavy (non-hydrogen) atoms. The summed E-state index contributed by atoms with van der Waals surface area (Å²) in [5.74, 6) is 0. The van der Waals surface area contributed by atoms with Crippen LogP contribution in [0.15, 0.2) is 0 Å². The zero-order chi connectivity index (χ0) is 11.9. The van der Waals surface area contributed by atoms with Gasteiger partial charge in [-0.2, -0.15) is 0 Å². The summed E-state index contributed by atoms with van der Waals surface area (Å²) in [5.41, 5.74) is 0. The van der Waals surface area contributed by atoms with Crippen LogP contribution < -0.4 is 0 Å². The molecule has 1 heterocycles. The molecule has 0 spiro atoms. The lowest BCUT2D eigenvalue weighted by Gasteiger charge is -2.25. The standard InChI is InChI=1S/C12H27NO2Si/c1-14-16(3,15-2)12-8-11-13-9-6-4-5-7-10-13/h4-12H2,1-3H3. The van der Waals surface area contributed by atoms with Crippen molar-refractivity contribution in [2.45, 2.75) is 44.7 Å². The van der Waals surface area contributed by atoms with E-state index >= 15 is 0 Å². The summed E-state index contributed by atoms with van der Waals surface area (Å²) >= 11 is 0. The smallest absolute Gasteiger partial charge is 0.334 e. The van der Waals surface area contributed by atoms with Crippen LogP contribution in [-0.4, -0.2) is 47.3 Å². The highest BCUT2D eigenvalue weighted by atomic mass is 28.4. The number of rotatable bonds is 6. The fourth-order valence-corrected chi connectivity index (χ4v) is 3.65. The summed E-state index contributed by atoms with van der Waals surface area (Å²) in [6.45, 7) is 5.95. The van der Waals surface area contributed by atoms with E-state index in [0.29, 0.717) is 0 Å². The summed E-state index contributed by atoms with van der Waals surface area (Å²) in [6, 6.07) is 1.11. The average molecular weight is 245 g/mol. The van der Waals surface area contributed by atoms with Crippen LogP contribution in [0.5, 0.6) is 0 Å². The van der Waals surface area contributed by atoms with Crippen molar-refractivity contribution in [1.29, 1.82) is 0 Å². The first-order valence-electron chi connectivity index (χ1n) is 6.53. The Kier molecular flexibility index (Phi) is 6.57. The molecule has 0 aromatic heterocycles. The summed E-state index contributed by atoms with van der Waals surface area (Å²) in [4.78, 5) is 2.60. The van der Waals surface area contributed by atoms with E-state index in [1.165, 1.54) is 51.7 Å². The minimum atomic E-state index is -1.82. The Morgan fingerprint density at radius 3 is 2.06 bits per heavy atom. The molecule has 0 N–H and O–H groups in total. The molecule has 3 nitrogen and oxygen atoms in total. The van der Waals surface area contributed by atoms with Crippen molar-refractivity contribution in [1.82, 2.24) is 4.90 Å². The molecule has 1 rings (SSSR count). The maximum atomic E-state index is 5.50. The molecule has 1 fully saturated rings. The van der Waals surface area contributed by atoms with Gasteiger partial charge in [-0.3, -0.25) is 0 Å². The first-order valence-corrected chi connectivity index (χ1v) is 9.05. The molecule has 1 aliphatic rings.